The molecule has 1 amide bonds. The van der Waals surface area contributed by atoms with E-state index >= 15 is 0 Å². The standard InChI is InChI=1S/C21H22FN3O2S2/c1-12-8-17(14(3)25(12)10-15-4-6-16(22)7-5-15)18(26)11-28-21-24-13(2)19(29-21)9-20(23)27/h4-8H,9-11H2,1-3H3,(H2,23,27). The summed E-state index contributed by atoms with van der Waals surface area (Å²) in [6, 6.07) is 8.27. The van der Waals surface area contributed by atoms with Gasteiger partial charge < -0.3 is 10.3 Å². The highest BCUT2D eigenvalue weighted by molar-refractivity contribution is 8.01. The van der Waals surface area contributed by atoms with Gasteiger partial charge in [-0.2, -0.15) is 0 Å². The molecule has 2 aromatic heterocycles. The van der Waals surface area contributed by atoms with Gasteiger partial charge in [0.2, 0.25) is 5.91 Å². The van der Waals surface area contributed by atoms with E-state index in [9.17, 15) is 14.0 Å². The first-order valence-electron chi connectivity index (χ1n) is 9.06. The largest absolute Gasteiger partial charge is 0.369 e. The number of hydrogen-bond donors (Lipinski definition) is 1. The molecular weight excluding hydrogens is 409 g/mol. The number of nitrogens with zero attached hydrogens (tertiary/aromatic N) is 2. The second-order valence-electron chi connectivity index (χ2n) is 6.84. The number of aryl methyl sites for hydroxylation is 2. The Bertz CT molecular complexity index is 1050. The van der Waals surface area contributed by atoms with Gasteiger partial charge in [-0.15, -0.1) is 11.3 Å². The smallest absolute Gasteiger partial charge is 0.222 e. The molecule has 3 aromatic rings. The third-order valence-electron chi connectivity index (χ3n) is 4.66. The molecule has 0 aliphatic rings. The summed E-state index contributed by atoms with van der Waals surface area (Å²) in [7, 11) is 0. The van der Waals surface area contributed by atoms with Crippen molar-refractivity contribution in [2.75, 3.05) is 5.75 Å². The molecule has 0 aliphatic carbocycles. The Balaban J connectivity index is 1.70. The van der Waals surface area contributed by atoms with Crippen molar-refractivity contribution in [3.8, 4) is 0 Å². The second-order valence-corrected chi connectivity index (χ2v) is 9.15. The highest BCUT2D eigenvalue weighted by Crippen LogP contribution is 2.29. The fourth-order valence-electron chi connectivity index (χ4n) is 3.09. The van der Waals surface area contributed by atoms with Gasteiger partial charge in [-0.25, -0.2) is 9.37 Å². The van der Waals surface area contributed by atoms with Crippen LogP contribution in [0.3, 0.4) is 0 Å². The first kappa shape index (κ1) is 21.3. The number of thioether (sulfide) groups is 1. The molecule has 0 saturated heterocycles. The van der Waals surface area contributed by atoms with Crippen molar-refractivity contribution in [2.24, 2.45) is 5.73 Å². The lowest BCUT2D eigenvalue weighted by atomic mass is 10.2. The zero-order valence-corrected chi connectivity index (χ0v) is 18.1. The Morgan fingerprint density at radius 3 is 2.55 bits per heavy atom. The second kappa shape index (κ2) is 8.92. The quantitative estimate of drug-likeness (QED) is 0.431. The van der Waals surface area contributed by atoms with E-state index < -0.39 is 5.91 Å². The highest BCUT2D eigenvalue weighted by atomic mass is 32.2. The van der Waals surface area contributed by atoms with E-state index in [2.05, 4.69) is 9.55 Å². The van der Waals surface area contributed by atoms with Crippen LogP contribution in [0.1, 0.15) is 37.9 Å². The highest BCUT2D eigenvalue weighted by Gasteiger charge is 2.18. The van der Waals surface area contributed by atoms with Crippen molar-refractivity contribution < 1.29 is 14.0 Å². The Morgan fingerprint density at radius 2 is 1.90 bits per heavy atom. The molecular formula is C21H22FN3O2S2. The summed E-state index contributed by atoms with van der Waals surface area (Å²) in [5.41, 5.74) is 9.56. The Morgan fingerprint density at radius 1 is 1.21 bits per heavy atom. The minimum absolute atomic E-state index is 0.0257. The number of hydrogen-bond acceptors (Lipinski definition) is 5. The van der Waals surface area contributed by atoms with E-state index in [0.717, 1.165) is 31.9 Å². The molecule has 0 fully saturated rings. The van der Waals surface area contributed by atoms with E-state index in [1.165, 1.54) is 35.2 Å². The molecule has 0 saturated carbocycles. The van der Waals surface area contributed by atoms with Crippen LogP contribution in [0, 0.1) is 26.6 Å². The van der Waals surface area contributed by atoms with Gasteiger partial charge in [0.1, 0.15) is 5.82 Å². The lowest BCUT2D eigenvalue weighted by Gasteiger charge is -2.10. The van der Waals surface area contributed by atoms with Crippen LogP contribution in [0.5, 0.6) is 0 Å². The Hall–Kier alpha value is -2.45. The molecule has 29 heavy (non-hydrogen) atoms. The van der Waals surface area contributed by atoms with Crippen molar-refractivity contribution in [1.29, 1.82) is 0 Å². The maximum absolute atomic E-state index is 13.1. The van der Waals surface area contributed by atoms with Crippen LogP contribution in [0.2, 0.25) is 0 Å². The number of nitrogens with two attached hydrogens (primary N) is 1. The number of ketones is 1. The van der Waals surface area contributed by atoms with Gasteiger partial charge >= 0.3 is 0 Å². The van der Waals surface area contributed by atoms with Gasteiger partial charge in [0.25, 0.3) is 0 Å². The molecule has 2 heterocycles. The van der Waals surface area contributed by atoms with Crippen LogP contribution in [-0.4, -0.2) is 27.0 Å². The molecule has 0 unspecified atom stereocenters. The number of thiazole rings is 1. The molecule has 5 nitrogen and oxygen atoms in total. The van der Waals surface area contributed by atoms with Crippen LogP contribution >= 0.6 is 23.1 Å². The number of benzene rings is 1. The van der Waals surface area contributed by atoms with E-state index in [0.29, 0.717) is 12.1 Å². The van der Waals surface area contributed by atoms with Gasteiger partial charge in [0, 0.05) is 28.4 Å². The summed E-state index contributed by atoms with van der Waals surface area (Å²) in [5.74, 6) is -0.362. The van der Waals surface area contributed by atoms with Gasteiger partial charge in [-0.3, -0.25) is 9.59 Å². The van der Waals surface area contributed by atoms with Crippen LogP contribution in [-0.2, 0) is 17.8 Å². The van der Waals surface area contributed by atoms with E-state index in [1.54, 1.807) is 12.1 Å². The molecule has 3 rings (SSSR count). The molecule has 0 aliphatic heterocycles. The first-order valence-corrected chi connectivity index (χ1v) is 10.9. The van der Waals surface area contributed by atoms with Crippen molar-refractivity contribution >= 4 is 34.8 Å². The van der Waals surface area contributed by atoms with Crippen molar-refractivity contribution in [3.05, 3.63) is 69.2 Å². The third kappa shape index (κ3) is 5.13. The predicted octanol–water partition coefficient (Wildman–Crippen LogP) is 4.06. The first-order chi connectivity index (χ1) is 13.7. The average molecular weight is 432 g/mol. The lowest BCUT2D eigenvalue weighted by Crippen LogP contribution is -2.13. The third-order valence-corrected chi connectivity index (χ3v) is 6.96. The monoisotopic (exact) mass is 431 g/mol. The molecule has 0 radical (unpaired) electrons. The predicted molar refractivity (Wildman–Crippen MR) is 114 cm³/mol. The molecule has 2 N–H and O–H groups in total. The number of amides is 1. The molecule has 0 atom stereocenters. The Kier molecular flexibility index (Phi) is 6.54. The number of carbonyl (C=O) groups is 2. The summed E-state index contributed by atoms with van der Waals surface area (Å²) in [5, 5.41) is 0. The fraction of sp³-hybridized carbons (Fsp3) is 0.286. The number of aromatic nitrogens is 2. The average Bonchev–Trinajstić information content (AvgIpc) is 3.15. The van der Waals surface area contributed by atoms with Crippen LogP contribution in [0.4, 0.5) is 4.39 Å². The number of primary amides is 1. The SMILES string of the molecule is Cc1nc(SCC(=O)c2cc(C)n(Cc3ccc(F)cc3)c2C)sc1CC(N)=O. The van der Waals surface area contributed by atoms with Gasteiger partial charge in [-0.05, 0) is 44.5 Å². The van der Waals surface area contributed by atoms with Crippen LogP contribution < -0.4 is 5.73 Å². The molecule has 0 spiro atoms. The van der Waals surface area contributed by atoms with E-state index in [-0.39, 0.29) is 23.8 Å². The zero-order chi connectivity index (χ0) is 21.1. The maximum Gasteiger partial charge on any atom is 0.222 e. The normalized spacial score (nSPS) is 11.0. The fourth-order valence-corrected chi connectivity index (χ4v) is 5.22. The minimum atomic E-state index is -0.391. The van der Waals surface area contributed by atoms with Crippen LogP contribution in [0.25, 0.3) is 0 Å². The summed E-state index contributed by atoms with van der Waals surface area (Å²) >= 11 is 2.77. The maximum atomic E-state index is 13.1. The topological polar surface area (TPSA) is 78.0 Å². The molecule has 152 valence electrons. The van der Waals surface area contributed by atoms with Crippen LogP contribution in [0.15, 0.2) is 34.7 Å². The number of halogens is 1. The summed E-state index contributed by atoms with van der Waals surface area (Å²) in [6.45, 7) is 6.30. The summed E-state index contributed by atoms with van der Waals surface area (Å²) in [4.78, 5) is 29.2. The van der Waals surface area contributed by atoms with E-state index in [1.807, 2.05) is 26.8 Å². The minimum Gasteiger partial charge on any atom is -0.369 e. The van der Waals surface area contributed by atoms with E-state index in [4.69, 9.17) is 5.73 Å². The summed E-state index contributed by atoms with van der Waals surface area (Å²) < 4.78 is 15.9. The van der Waals surface area contributed by atoms with Gasteiger partial charge in [0.05, 0.1) is 17.9 Å². The molecule has 0 bridgehead atoms. The Labute approximate surface area is 177 Å². The molecule has 1 aromatic carbocycles. The molecule has 8 heteroatoms. The zero-order valence-electron chi connectivity index (χ0n) is 16.5. The van der Waals surface area contributed by atoms with Crippen molar-refractivity contribution in [1.82, 2.24) is 9.55 Å². The number of carbonyl (C=O) groups excluding carboxylic acids is 2. The van der Waals surface area contributed by atoms with Gasteiger partial charge in [0.15, 0.2) is 10.1 Å². The van der Waals surface area contributed by atoms with Gasteiger partial charge in [-0.1, -0.05) is 23.9 Å². The number of Topliss-reactive ketones (excluding diaryl/α,β-unsaturated/α-hetero) is 1. The van der Waals surface area contributed by atoms with Crippen molar-refractivity contribution in [2.45, 2.75) is 38.1 Å². The summed E-state index contributed by atoms with van der Waals surface area (Å²) in [6.07, 6.45) is 0.169. The lowest BCUT2D eigenvalue weighted by molar-refractivity contribution is -0.117. The number of rotatable bonds is 8. The van der Waals surface area contributed by atoms with Crippen molar-refractivity contribution in [3.63, 3.8) is 0 Å².